The van der Waals surface area contributed by atoms with Gasteiger partial charge < -0.3 is 25.6 Å². The molecule has 1 amide bonds. The summed E-state index contributed by atoms with van der Waals surface area (Å²) >= 11 is 10.8. The number of halogens is 5. The first kappa shape index (κ1) is 38.7. The van der Waals surface area contributed by atoms with Gasteiger partial charge in [-0.15, -0.1) is 24.0 Å². The highest BCUT2D eigenvalue weighted by Gasteiger charge is 2.15. The van der Waals surface area contributed by atoms with E-state index in [1.165, 1.54) is 34.6 Å². The molecule has 0 bridgehead atoms. The number of carbonyl (C=O) groups excluding carboxylic acids is 2. The maximum Gasteiger partial charge on any atom is 0.412 e. The van der Waals surface area contributed by atoms with Crippen LogP contribution in [-0.2, 0) is 17.8 Å². The number of hydrogen-bond acceptors (Lipinski definition) is 8. The maximum absolute atomic E-state index is 11.4. The van der Waals surface area contributed by atoms with Crippen LogP contribution in [0.2, 0.25) is 0 Å². The Kier molecular flexibility index (Phi) is 20.5. The molecule has 0 unspecified atom stereocenters. The number of phenolic OH excluding ortho intramolecular Hbond substituents is 1. The molecule has 16 heteroatoms. The first-order chi connectivity index (χ1) is 19.9. The molecule has 0 aliphatic carbocycles. The van der Waals surface area contributed by atoms with E-state index in [2.05, 4.69) is 84.4 Å². The van der Waals surface area contributed by atoms with Gasteiger partial charge in [0.1, 0.15) is 24.2 Å². The molecule has 42 heavy (non-hydrogen) atoms. The quantitative estimate of drug-likeness (QED) is 0.167. The van der Waals surface area contributed by atoms with Crippen LogP contribution in [0.5, 0.6) is 11.5 Å². The second-order valence-electron chi connectivity index (χ2n) is 8.01. The molecule has 6 rings (SSSR count). The summed E-state index contributed by atoms with van der Waals surface area (Å²) in [5, 5.41) is 11.7. The lowest BCUT2D eigenvalue weighted by Crippen LogP contribution is -2.31. The summed E-state index contributed by atoms with van der Waals surface area (Å²) in [5.74, 6) is 0.896. The number of fused-ring (bicyclic) bond motifs is 1. The zero-order valence-electron chi connectivity index (χ0n) is 22.0. The van der Waals surface area contributed by atoms with E-state index in [0.29, 0.717) is 18.8 Å². The number of benzene rings is 2. The van der Waals surface area contributed by atoms with Crippen LogP contribution in [0.25, 0.3) is 0 Å². The number of imidazole rings is 2. The van der Waals surface area contributed by atoms with E-state index in [1.54, 1.807) is 49.1 Å². The van der Waals surface area contributed by atoms with Crippen molar-refractivity contribution in [2.24, 2.45) is 5.73 Å². The number of rotatable bonds is 1. The van der Waals surface area contributed by atoms with Gasteiger partial charge in [-0.05, 0) is 49.2 Å². The molecule has 0 saturated carbocycles. The number of phenols is 1. The van der Waals surface area contributed by atoms with Crippen molar-refractivity contribution in [1.29, 1.82) is 0 Å². The Morgan fingerprint density at radius 2 is 1.57 bits per heavy atom. The van der Waals surface area contributed by atoms with Gasteiger partial charge in [-0.2, -0.15) is 0 Å². The number of nitrogens with zero attached hydrogens (tertiary/aromatic N) is 4. The smallest absolute Gasteiger partial charge is 0.412 e. The van der Waals surface area contributed by atoms with E-state index in [9.17, 15) is 9.59 Å². The van der Waals surface area contributed by atoms with E-state index < -0.39 is 0 Å². The lowest BCUT2D eigenvalue weighted by molar-refractivity contribution is 0.194. The van der Waals surface area contributed by atoms with E-state index in [-0.39, 0.29) is 41.9 Å². The normalized spacial score (nSPS) is 12.4. The topological polar surface area (TPSA) is 147 Å². The standard InChI is InChI=1S/C8H6BrNO2.C7H8BrNO.C7H6N4O.C4H8O.I2.HI/c9-6-1-2-7-5(3-6)4-10-8(11)12-7;8-6-1-2-7(10)5(3-6)4-9;12-7(10-3-1-8-5-10)11-4-2-9-6-11;1-2-4-5-3-1;1-2;/h1-3H,4H2,(H,10,11);1-3,10H,4,9H2;1-6H;1-4H2;;1H. The number of nitrogens with one attached hydrogen (secondary N) is 1. The third-order valence-electron chi connectivity index (χ3n) is 5.19. The molecule has 1 saturated heterocycles. The third kappa shape index (κ3) is 14.0. The minimum atomic E-state index is -0.384. The zero-order valence-corrected chi connectivity index (χ0v) is 31.9. The minimum Gasteiger partial charge on any atom is -0.508 e. The van der Waals surface area contributed by atoms with Crippen LogP contribution in [-0.4, -0.2) is 49.5 Å². The second-order valence-corrected chi connectivity index (χ2v) is 9.85. The Bertz CT molecular complexity index is 1300. The Labute approximate surface area is 300 Å². The molecule has 4 N–H and O–H groups in total. The van der Waals surface area contributed by atoms with Gasteiger partial charge in [-0.1, -0.05) is 31.9 Å². The summed E-state index contributed by atoms with van der Waals surface area (Å²) < 4.78 is 14.5. The summed E-state index contributed by atoms with van der Waals surface area (Å²) in [6.07, 6.45) is 11.3. The van der Waals surface area contributed by atoms with Crippen LogP contribution in [0.4, 0.5) is 9.59 Å². The van der Waals surface area contributed by atoms with Gasteiger partial charge in [0.05, 0.1) is 0 Å². The van der Waals surface area contributed by atoms with Crippen molar-refractivity contribution in [2.45, 2.75) is 25.9 Å². The number of hydrogen-bond donors (Lipinski definition) is 3. The first-order valence-electron chi connectivity index (χ1n) is 12.0. The number of nitrogens with two attached hydrogens (primary N) is 1. The number of aromatic nitrogens is 4. The summed E-state index contributed by atoms with van der Waals surface area (Å²) in [7, 11) is 0. The zero-order chi connectivity index (χ0) is 30.0. The van der Waals surface area contributed by atoms with Crippen LogP contribution in [0.15, 0.2) is 82.8 Å². The molecule has 0 radical (unpaired) electrons. The summed E-state index contributed by atoms with van der Waals surface area (Å²) in [4.78, 5) is 29.7. The molecule has 0 spiro atoms. The van der Waals surface area contributed by atoms with Crippen molar-refractivity contribution in [3.05, 3.63) is 93.9 Å². The van der Waals surface area contributed by atoms with Gasteiger partial charge in [-0.3, -0.25) is 9.13 Å². The largest absolute Gasteiger partial charge is 0.508 e. The van der Waals surface area contributed by atoms with Crippen molar-refractivity contribution in [3.8, 4) is 11.5 Å². The monoisotopic (exact) mass is 1040 g/mol. The lowest BCUT2D eigenvalue weighted by atomic mass is 10.2. The molecule has 2 aromatic heterocycles. The van der Waals surface area contributed by atoms with Crippen molar-refractivity contribution in [3.63, 3.8) is 0 Å². The summed E-state index contributed by atoms with van der Waals surface area (Å²) in [6, 6.07) is 10.5. The number of carbonyl (C=O) groups is 2. The van der Waals surface area contributed by atoms with E-state index in [1.807, 2.05) is 12.1 Å². The average molecular weight is 1050 g/mol. The molecule has 0 atom stereocenters. The Hall–Kier alpha value is -1.33. The van der Waals surface area contributed by atoms with Crippen LogP contribution in [0, 0.1) is 0 Å². The van der Waals surface area contributed by atoms with E-state index in [0.717, 1.165) is 33.3 Å². The Morgan fingerprint density at radius 1 is 1.00 bits per heavy atom. The second kappa shape index (κ2) is 22.2. The van der Waals surface area contributed by atoms with Gasteiger partial charge in [0.15, 0.2) is 0 Å². The van der Waals surface area contributed by atoms with Gasteiger partial charge in [-0.25, -0.2) is 19.6 Å². The molecular weight excluding hydrogens is 1020 g/mol. The van der Waals surface area contributed by atoms with Crippen LogP contribution < -0.4 is 15.8 Å². The summed E-state index contributed by atoms with van der Waals surface area (Å²) in [5.41, 5.74) is 7.09. The fourth-order valence-electron chi connectivity index (χ4n) is 3.19. The number of aromatic hydroxyl groups is 1. The van der Waals surface area contributed by atoms with Crippen molar-refractivity contribution in [1.82, 2.24) is 24.4 Å². The maximum atomic E-state index is 11.4. The van der Waals surface area contributed by atoms with Crippen molar-refractivity contribution < 1.29 is 24.2 Å². The highest BCUT2D eigenvalue weighted by molar-refractivity contribution is 15.0. The van der Waals surface area contributed by atoms with E-state index >= 15 is 0 Å². The number of ether oxygens (including phenoxy) is 2. The third-order valence-corrected chi connectivity index (χ3v) is 6.17. The molecule has 4 heterocycles. The first-order valence-corrected chi connectivity index (χ1v) is 19.9. The molecule has 2 aromatic carbocycles. The fraction of sp³-hybridized carbons (Fsp3) is 0.231. The number of amides is 1. The SMILES string of the molecule is C1CCOC1.I.II.NCc1cc(Br)ccc1O.O=C(n1ccnc1)n1ccnc1.O=C1NCc2cc(Br)ccc2O1. The van der Waals surface area contributed by atoms with Gasteiger partial charge in [0, 0.05) is 108 Å². The Balaban J connectivity index is 0.000000281. The predicted molar refractivity (Wildman–Crippen MR) is 195 cm³/mol. The van der Waals surface area contributed by atoms with Gasteiger partial charge >= 0.3 is 12.1 Å². The molecule has 2 aliphatic heterocycles. The minimum absolute atomic E-state index is 0. The van der Waals surface area contributed by atoms with Crippen molar-refractivity contribution >= 4 is 105 Å². The van der Waals surface area contributed by atoms with Crippen LogP contribution >= 0.6 is 93.1 Å². The molecule has 228 valence electrons. The molecule has 11 nitrogen and oxygen atoms in total. The molecule has 2 aliphatic rings. The van der Waals surface area contributed by atoms with E-state index in [4.69, 9.17) is 20.3 Å². The van der Waals surface area contributed by atoms with Gasteiger partial charge in [0.2, 0.25) is 0 Å². The lowest BCUT2D eigenvalue weighted by Gasteiger charge is -2.16. The predicted octanol–water partition coefficient (Wildman–Crippen LogP) is 7.45. The molecule has 4 aromatic rings. The molecule has 1 fully saturated rings. The summed E-state index contributed by atoms with van der Waals surface area (Å²) in [6.45, 7) is 2.90. The highest BCUT2D eigenvalue weighted by Crippen LogP contribution is 2.25. The highest BCUT2D eigenvalue weighted by atomic mass is 128. The van der Waals surface area contributed by atoms with Crippen LogP contribution in [0.3, 0.4) is 0 Å². The average Bonchev–Trinajstić information content (AvgIpc) is 3.81. The molecular formula is C26H29Br2I3N6O5. The van der Waals surface area contributed by atoms with Crippen LogP contribution in [0.1, 0.15) is 24.0 Å². The Morgan fingerprint density at radius 3 is 2.05 bits per heavy atom. The van der Waals surface area contributed by atoms with Gasteiger partial charge in [0.25, 0.3) is 0 Å². The van der Waals surface area contributed by atoms with Crippen molar-refractivity contribution in [2.75, 3.05) is 13.2 Å². The fourth-order valence-corrected chi connectivity index (χ4v) is 4.01.